The molecule has 0 saturated carbocycles. The molecule has 0 aliphatic rings. The van der Waals surface area contributed by atoms with Crippen LogP contribution in [0.1, 0.15) is 37.3 Å². The summed E-state index contributed by atoms with van der Waals surface area (Å²) in [5.41, 5.74) is 0.307. The third kappa shape index (κ3) is 5.37. The zero-order valence-electron chi connectivity index (χ0n) is 16.5. The molecule has 0 aliphatic carbocycles. The number of methoxy groups -OCH3 is 1. The standard InChI is InChI=1S/C22H23Cl2NO4/c1-22(2,16-12-17(23)14-18(24)13-16)25(10-7-11-26)20(27)19(21(28)29-3)15-8-5-4-6-9-15/h4-6,8-9,11-14,19H,7,10H2,1-3H3. The Morgan fingerprint density at radius 1 is 1.10 bits per heavy atom. The van der Waals surface area contributed by atoms with Crippen LogP contribution in [-0.2, 0) is 24.7 Å². The maximum Gasteiger partial charge on any atom is 0.322 e. The van der Waals surface area contributed by atoms with E-state index in [1.165, 1.54) is 12.0 Å². The number of benzene rings is 2. The Morgan fingerprint density at radius 3 is 2.21 bits per heavy atom. The lowest BCUT2D eigenvalue weighted by Crippen LogP contribution is -2.49. The van der Waals surface area contributed by atoms with Crippen LogP contribution in [0.2, 0.25) is 10.0 Å². The number of rotatable bonds is 8. The number of carbonyl (C=O) groups is 3. The number of carbonyl (C=O) groups excluding carboxylic acids is 3. The number of esters is 1. The van der Waals surface area contributed by atoms with Crippen molar-refractivity contribution in [3.8, 4) is 0 Å². The van der Waals surface area contributed by atoms with Gasteiger partial charge >= 0.3 is 5.97 Å². The van der Waals surface area contributed by atoms with E-state index in [1.807, 2.05) is 13.8 Å². The van der Waals surface area contributed by atoms with Crippen LogP contribution in [0.5, 0.6) is 0 Å². The molecule has 0 saturated heterocycles. The first-order valence-electron chi connectivity index (χ1n) is 9.06. The summed E-state index contributed by atoms with van der Waals surface area (Å²) in [5, 5.41) is 0.854. The van der Waals surface area contributed by atoms with E-state index in [1.54, 1.807) is 48.5 Å². The summed E-state index contributed by atoms with van der Waals surface area (Å²) < 4.78 is 4.90. The van der Waals surface area contributed by atoms with E-state index < -0.39 is 23.3 Å². The maximum atomic E-state index is 13.6. The fourth-order valence-corrected chi connectivity index (χ4v) is 3.73. The van der Waals surface area contributed by atoms with Crippen LogP contribution < -0.4 is 0 Å². The Labute approximate surface area is 180 Å². The lowest BCUT2D eigenvalue weighted by molar-refractivity contribution is -0.152. The van der Waals surface area contributed by atoms with Crippen LogP contribution in [0.15, 0.2) is 48.5 Å². The number of hydrogen-bond acceptors (Lipinski definition) is 4. The Balaban J connectivity index is 2.54. The maximum absolute atomic E-state index is 13.6. The molecule has 5 nitrogen and oxygen atoms in total. The van der Waals surface area contributed by atoms with E-state index in [-0.39, 0.29) is 13.0 Å². The Kier molecular flexibility index (Phi) is 7.82. The summed E-state index contributed by atoms with van der Waals surface area (Å²) in [6, 6.07) is 13.7. The fraction of sp³-hybridized carbons (Fsp3) is 0.318. The summed E-state index contributed by atoms with van der Waals surface area (Å²) in [6.45, 7) is 3.76. The van der Waals surface area contributed by atoms with Crippen molar-refractivity contribution in [3.05, 3.63) is 69.7 Å². The largest absolute Gasteiger partial charge is 0.468 e. The normalized spacial score (nSPS) is 12.2. The van der Waals surface area contributed by atoms with Crippen LogP contribution in [0.3, 0.4) is 0 Å². The smallest absolute Gasteiger partial charge is 0.322 e. The van der Waals surface area contributed by atoms with Gasteiger partial charge in [0.05, 0.1) is 12.6 Å². The molecule has 1 amide bonds. The van der Waals surface area contributed by atoms with Crippen LogP contribution in [0, 0.1) is 0 Å². The van der Waals surface area contributed by atoms with E-state index in [9.17, 15) is 14.4 Å². The summed E-state index contributed by atoms with van der Waals surface area (Å²) in [7, 11) is 1.24. The Bertz CT molecular complexity index is 863. The molecule has 1 atom stereocenters. The van der Waals surface area contributed by atoms with Crippen molar-refractivity contribution in [1.82, 2.24) is 4.90 Å². The highest BCUT2D eigenvalue weighted by molar-refractivity contribution is 6.34. The molecule has 0 bridgehead atoms. The molecule has 0 N–H and O–H groups in total. The van der Waals surface area contributed by atoms with Gasteiger partial charge in [-0.05, 0) is 43.2 Å². The second-order valence-corrected chi connectivity index (χ2v) is 7.90. The lowest BCUT2D eigenvalue weighted by atomic mass is 9.89. The molecule has 0 heterocycles. The van der Waals surface area contributed by atoms with Crippen molar-refractivity contribution in [3.63, 3.8) is 0 Å². The minimum atomic E-state index is -1.15. The van der Waals surface area contributed by atoms with Gasteiger partial charge in [0, 0.05) is 23.0 Å². The Hall–Kier alpha value is -2.37. The molecule has 29 heavy (non-hydrogen) atoms. The molecule has 0 spiro atoms. The molecule has 2 aromatic rings. The first-order valence-corrected chi connectivity index (χ1v) is 9.82. The zero-order chi connectivity index (χ0) is 21.6. The highest BCUT2D eigenvalue weighted by Gasteiger charge is 2.40. The molecule has 2 rings (SSSR count). The quantitative estimate of drug-likeness (QED) is 0.345. The number of nitrogens with zero attached hydrogens (tertiary/aromatic N) is 1. The first-order chi connectivity index (χ1) is 13.7. The SMILES string of the molecule is COC(=O)C(C(=O)N(CCC=O)C(C)(C)c1cc(Cl)cc(Cl)c1)c1ccccc1. The molecule has 0 fully saturated rings. The van der Waals surface area contributed by atoms with Gasteiger partial charge in [0.1, 0.15) is 6.29 Å². The zero-order valence-corrected chi connectivity index (χ0v) is 18.0. The molecule has 0 aliphatic heterocycles. The van der Waals surface area contributed by atoms with Crippen molar-refractivity contribution in [2.45, 2.75) is 31.7 Å². The van der Waals surface area contributed by atoms with Crippen molar-refractivity contribution >= 4 is 41.4 Å². The van der Waals surface area contributed by atoms with Gasteiger partial charge in [-0.1, -0.05) is 53.5 Å². The number of ether oxygens (including phenoxy) is 1. The highest BCUT2D eigenvalue weighted by Crippen LogP contribution is 2.35. The summed E-state index contributed by atoms with van der Waals surface area (Å²) in [4.78, 5) is 38.7. The highest BCUT2D eigenvalue weighted by atomic mass is 35.5. The monoisotopic (exact) mass is 435 g/mol. The molecule has 1 unspecified atom stereocenters. The molecular formula is C22H23Cl2NO4. The van der Waals surface area contributed by atoms with Crippen molar-refractivity contribution < 1.29 is 19.1 Å². The fourth-order valence-electron chi connectivity index (χ4n) is 3.21. The number of halogens is 2. The summed E-state index contributed by atoms with van der Waals surface area (Å²) >= 11 is 12.3. The minimum absolute atomic E-state index is 0.117. The second kappa shape index (κ2) is 9.90. The van der Waals surface area contributed by atoms with Crippen LogP contribution in [0.25, 0.3) is 0 Å². The second-order valence-electron chi connectivity index (χ2n) is 7.03. The third-order valence-electron chi connectivity index (χ3n) is 4.80. The van der Waals surface area contributed by atoms with Gasteiger partial charge in [0.15, 0.2) is 5.92 Å². The van der Waals surface area contributed by atoms with Gasteiger partial charge in [-0.25, -0.2) is 0 Å². The minimum Gasteiger partial charge on any atom is -0.468 e. The van der Waals surface area contributed by atoms with Gasteiger partial charge in [0.25, 0.3) is 0 Å². The average Bonchev–Trinajstić information content (AvgIpc) is 2.68. The first kappa shape index (κ1) is 22.9. The van der Waals surface area contributed by atoms with Gasteiger partial charge < -0.3 is 14.4 Å². The third-order valence-corrected chi connectivity index (χ3v) is 5.23. The van der Waals surface area contributed by atoms with Crippen molar-refractivity contribution in [2.24, 2.45) is 0 Å². The molecule has 0 radical (unpaired) electrons. The average molecular weight is 436 g/mol. The molecule has 2 aromatic carbocycles. The van der Waals surface area contributed by atoms with Crippen molar-refractivity contribution in [2.75, 3.05) is 13.7 Å². The molecular weight excluding hydrogens is 413 g/mol. The van der Waals surface area contributed by atoms with E-state index in [0.717, 1.165) is 6.29 Å². The Morgan fingerprint density at radius 2 is 1.69 bits per heavy atom. The van der Waals surface area contributed by atoms with E-state index in [4.69, 9.17) is 27.9 Å². The number of amides is 1. The van der Waals surface area contributed by atoms with E-state index >= 15 is 0 Å². The lowest BCUT2D eigenvalue weighted by Gasteiger charge is -2.40. The predicted molar refractivity (Wildman–Crippen MR) is 113 cm³/mol. The summed E-state index contributed by atoms with van der Waals surface area (Å²) in [5.74, 6) is -2.29. The van der Waals surface area contributed by atoms with Gasteiger partial charge in [0.2, 0.25) is 5.91 Å². The van der Waals surface area contributed by atoms with Crippen LogP contribution in [0.4, 0.5) is 0 Å². The van der Waals surface area contributed by atoms with Crippen molar-refractivity contribution in [1.29, 1.82) is 0 Å². The summed E-state index contributed by atoms with van der Waals surface area (Å²) in [6.07, 6.45) is 0.850. The number of hydrogen-bond donors (Lipinski definition) is 0. The molecule has 154 valence electrons. The number of aldehydes is 1. The van der Waals surface area contributed by atoms with Crippen LogP contribution >= 0.6 is 23.2 Å². The topological polar surface area (TPSA) is 63.7 Å². The van der Waals surface area contributed by atoms with Crippen LogP contribution in [-0.4, -0.2) is 36.7 Å². The predicted octanol–water partition coefficient (Wildman–Crippen LogP) is 4.60. The molecule has 7 heteroatoms. The van der Waals surface area contributed by atoms with Gasteiger partial charge in [-0.15, -0.1) is 0 Å². The van der Waals surface area contributed by atoms with Gasteiger partial charge in [-0.3, -0.25) is 9.59 Å². The molecule has 0 aromatic heterocycles. The van der Waals surface area contributed by atoms with E-state index in [0.29, 0.717) is 21.2 Å². The van der Waals surface area contributed by atoms with E-state index in [2.05, 4.69) is 0 Å². The van der Waals surface area contributed by atoms with Gasteiger partial charge in [-0.2, -0.15) is 0 Å².